The second-order valence-electron chi connectivity index (χ2n) is 20.8. The topological polar surface area (TPSA) is 466 Å². The molecule has 28 heteroatoms. The molecule has 16 N–H and O–H groups in total. The molecule has 28 nitrogen and oxygen atoms in total. The van der Waals surface area contributed by atoms with Crippen LogP contribution >= 0.6 is 0 Å². The minimum Gasteiger partial charge on any atom is -0.508 e. The van der Waals surface area contributed by atoms with E-state index >= 15 is 0 Å². The van der Waals surface area contributed by atoms with Gasteiger partial charge >= 0.3 is 23.9 Å². The van der Waals surface area contributed by atoms with Crippen molar-refractivity contribution in [3.05, 3.63) is 83.3 Å². The maximum absolute atomic E-state index is 14.8. The molecule has 0 unspecified atom stereocenters. The van der Waals surface area contributed by atoms with E-state index in [1.54, 1.807) is 0 Å². The van der Waals surface area contributed by atoms with Crippen LogP contribution < -0.4 is 0 Å². The molecule has 5 fully saturated rings. The average molecular weight is 1110 g/mol. The minimum absolute atomic E-state index is 0.227. The number of carboxylic acid groups (broad SMARTS) is 2. The van der Waals surface area contributed by atoms with Gasteiger partial charge in [0.25, 0.3) is 0 Å². The Balaban J connectivity index is 0.999. The Morgan fingerprint density at radius 2 is 0.846 bits per heavy atom. The van der Waals surface area contributed by atoms with Crippen molar-refractivity contribution < 1.29 is 139 Å². The highest BCUT2D eigenvalue weighted by atomic mass is 16.8. The van der Waals surface area contributed by atoms with Gasteiger partial charge in [0.1, 0.15) is 84.7 Å². The summed E-state index contributed by atoms with van der Waals surface area (Å²) in [7, 11) is 0. The van der Waals surface area contributed by atoms with E-state index in [0.717, 1.165) is 12.5 Å². The Bertz CT molecular complexity index is 2410. The summed E-state index contributed by atoms with van der Waals surface area (Å²) >= 11 is 0. The lowest BCUT2D eigenvalue weighted by molar-refractivity contribution is -0.347. The third-order valence-corrected chi connectivity index (χ3v) is 16.2. The van der Waals surface area contributed by atoms with Gasteiger partial charge in [0, 0.05) is 36.5 Å². The number of carbonyl (C=O) groups excluding carboxylic acids is 2. The Hall–Kier alpha value is -5.64. The van der Waals surface area contributed by atoms with Crippen LogP contribution in [0.2, 0.25) is 0 Å². The van der Waals surface area contributed by atoms with E-state index in [2.05, 4.69) is 0 Å². The summed E-state index contributed by atoms with van der Waals surface area (Å²) < 4.78 is 45.4. The van der Waals surface area contributed by atoms with E-state index in [-0.39, 0.29) is 22.6 Å². The summed E-state index contributed by atoms with van der Waals surface area (Å²) in [6.45, 7) is -3.76. The van der Waals surface area contributed by atoms with Crippen LogP contribution in [-0.2, 0) is 57.1 Å². The summed E-state index contributed by atoms with van der Waals surface area (Å²) in [4.78, 5) is 54.5. The number of aliphatic hydroxyl groups excluding tert-OH is 10. The lowest BCUT2D eigenvalue weighted by atomic mass is 9.52. The minimum atomic E-state index is -2.43. The van der Waals surface area contributed by atoms with Gasteiger partial charge in [0.05, 0.1) is 72.8 Å². The summed E-state index contributed by atoms with van der Waals surface area (Å²) in [6, 6.07) is 10.5. The zero-order valence-corrected chi connectivity index (χ0v) is 40.8. The van der Waals surface area contributed by atoms with Crippen LogP contribution in [0.3, 0.4) is 0 Å². The molecular weight excluding hydrogens is 1050 g/mol. The highest BCUT2D eigenvalue weighted by Crippen LogP contribution is 2.60. The molecule has 428 valence electrons. The Labute approximate surface area is 440 Å². The molecule has 4 heterocycles. The fourth-order valence-electron chi connectivity index (χ4n) is 12.3. The number of esters is 2. The number of hydrogen-bond acceptors (Lipinski definition) is 26. The number of aliphatic carboxylic acids is 2. The van der Waals surface area contributed by atoms with Crippen molar-refractivity contribution in [2.24, 2.45) is 35.5 Å². The second kappa shape index (κ2) is 22.1. The predicted octanol–water partition coefficient (Wildman–Crippen LogP) is -4.96. The van der Waals surface area contributed by atoms with Crippen molar-refractivity contribution in [3.8, 4) is 11.5 Å². The van der Waals surface area contributed by atoms with Gasteiger partial charge in [-0.1, -0.05) is 24.3 Å². The van der Waals surface area contributed by atoms with Crippen molar-refractivity contribution in [1.82, 2.24) is 0 Å². The van der Waals surface area contributed by atoms with Gasteiger partial charge in [-0.05, 0) is 35.4 Å². The van der Waals surface area contributed by atoms with Gasteiger partial charge in [0.2, 0.25) is 12.6 Å². The van der Waals surface area contributed by atoms with Crippen LogP contribution in [0, 0.1) is 35.5 Å². The number of benzene rings is 2. The molecule has 9 rings (SSSR count). The molecule has 3 aliphatic carbocycles. The molecule has 7 aliphatic rings. The number of aromatic hydroxyl groups is 2. The zero-order chi connectivity index (χ0) is 56.4. The number of hydrogen-bond donors (Lipinski definition) is 16. The van der Waals surface area contributed by atoms with E-state index in [9.17, 15) is 101 Å². The fraction of sp³-hybridized carbons (Fsp3) is 0.600. The number of fused-ring (bicyclic) bond motifs is 2. The molecule has 0 aromatic heterocycles. The smallest absolute Gasteiger partial charge is 0.335 e. The molecule has 0 amide bonds. The van der Waals surface area contributed by atoms with Crippen molar-refractivity contribution in [3.63, 3.8) is 0 Å². The molecule has 2 aromatic carbocycles. The SMILES string of the molecule is O=C(O)C1=CO[C@@H](O[C@@H]2O[C@H](CO)[C@@H](O)[C@H](O)[C@H]2O)[C@H]2[C@@H]1[C@@H](O)C[C@]2(O)COC(=O)C1C(c2ccc(O)cc2)C(C(=O)OC[C@@]2(O)C[C@H](O)[C@@H]3C(C(=O)O)=CO[C@@H](O[C@@H]4O[C@H](CO)[C@@H](O)[C@H](O)[C@H]4O)[C@@H]32)C1c1ccc(O)cc1. The second-order valence-corrected chi connectivity index (χ2v) is 20.8. The number of ether oxygens (including phenoxy) is 8. The average Bonchev–Trinajstić information content (AvgIpc) is 4.00. The van der Waals surface area contributed by atoms with Crippen LogP contribution in [0.25, 0.3) is 0 Å². The van der Waals surface area contributed by atoms with E-state index in [1.807, 2.05) is 0 Å². The molecule has 2 saturated heterocycles. The number of aliphatic hydroxyl groups is 12. The molecule has 0 spiro atoms. The maximum atomic E-state index is 14.8. The van der Waals surface area contributed by atoms with Crippen molar-refractivity contribution in [2.75, 3.05) is 26.4 Å². The highest BCUT2D eigenvalue weighted by molar-refractivity contribution is 5.88. The van der Waals surface area contributed by atoms with Crippen molar-refractivity contribution >= 4 is 23.9 Å². The highest BCUT2D eigenvalue weighted by Gasteiger charge is 2.66. The van der Waals surface area contributed by atoms with Gasteiger partial charge < -0.3 is 120 Å². The lowest BCUT2D eigenvalue weighted by Crippen LogP contribution is -2.61. The first kappa shape index (κ1) is 57.1. The zero-order valence-electron chi connectivity index (χ0n) is 40.8. The standard InChI is InChI=1S/C50H60O28/c51-11-25-35(57)37(59)39(61)47(75-25)77-45-33-29(21(13-71-45)41(63)64)23(55)9-49(33,69)15-73-43(67)31-27(17-1-5-19(53)6-2-17)32(28(31)18-3-7-20(54)8-4-18)44(68)74-16-50(70)10-24(56)30-22(42(65)66)14-72-46(34(30)50)78-48-40(62)38(60)36(58)26(12-52)76-48/h1-8,13-14,23-40,45-48,51-62,69-70H,9-12,15-16H2,(H,63,64)(H,65,66)/t23-,24-,25+,26+,27?,28?,29-,30-,31?,32?,33+,34+,35+,36+,37-,38-,39+,40+,45-,46-,47-,48-,49-,50-/m0/s1. The number of carboxylic acids is 2. The van der Waals surface area contributed by atoms with Gasteiger partial charge in [-0.15, -0.1) is 0 Å². The first-order valence-corrected chi connectivity index (χ1v) is 24.7. The third-order valence-electron chi connectivity index (χ3n) is 16.2. The van der Waals surface area contributed by atoms with Crippen molar-refractivity contribution in [1.29, 1.82) is 0 Å². The van der Waals surface area contributed by atoms with Gasteiger partial charge in [-0.2, -0.15) is 0 Å². The summed E-state index contributed by atoms with van der Waals surface area (Å²) in [5.74, 6) is -17.5. The monoisotopic (exact) mass is 1110 g/mol. The summed E-state index contributed by atoms with van der Waals surface area (Å²) in [6.07, 6.45) is -25.1. The maximum Gasteiger partial charge on any atom is 0.335 e. The largest absolute Gasteiger partial charge is 0.508 e. The van der Waals surface area contributed by atoms with Crippen LogP contribution in [-0.4, -0.2) is 229 Å². The third kappa shape index (κ3) is 10.2. The molecule has 3 saturated carbocycles. The number of carbonyl (C=O) groups is 4. The van der Waals surface area contributed by atoms with Crippen LogP contribution in [0.5, 0.6) is 11.5 Å². The predicted molar refractivity (Wildman–Crippen MR) is 247 cm³/mol. The molecule has 4 aliphatic heterocycles. The van der Waals surface area contributed by atoms with E-state index < -0.39 is 219 Å². The lowest BCUT2D eigenvalue weighted by Gasteiger charge is -2.50. The van der Waals surface area contributed by atoms with Gasteiger partial charge in [0.15, 0.2) is 12.6 Å². The first-order valence-electron chi connectivity index (χ1n) is 24.7. The number of phenolic OH excluding ortho intramolecular Hbond substituents is 2. The van der Waals surface area contributed by atoms with Gasteiger partial charge in [-0.3, -0.25) is 9.59 Å². The van der Waals surface area contributed by atoms with Gasteiger partial charge in [-0.25, -0.2) is 9.59 Å². The number of phenols is 2. The molecule has 0 radical (unpaired) electrons. The van der Waals surface area contributed by atoms with Crippen LogP contribution in [0.15, 0.2) is 72.2 Å². The van der Waals surface area contributed by atoms with E-state index in [0.29, 0.717) is 0 Å². The molecule has 0 bridgehead atoms. The Kier molecular flexibility index (Phi) is 16.2. The first-order chi connectivity index (χ1) is 36.9. The van der Waals surface area contributed by atoms with Crippen LogP contribution in [0.4, 0.5) is 0 Å². The normalized spacial score (nSPS) is 42.8. The molecule has 20 atom stereocenters. The summed E-state index contributed by atoms with van der Waals surface area (Å²) in [5.41, 5.74) is -5.48. The van der Waals surface area contributed by atoms with E-state index in [1.165, 1.54) is 48.5 Å². The van der Waals surface area contributed by atoms with E-state index in [4.69, 9.17) is 37.9 Å². The molecule has 2 aromatic rings. The number of rotatable bonds is 16. The fourth-order valence-corrected chi connectivity index (χ4v) is 12.3. The van der Waals surface area contributed by atoms with Crippen LogP contribution in [0.1, 0.15) is 35.8 Å². The Morgan fingerprint density at radius 3 is 1.17 bits per heavy atom. The molecule has 78 heavy (non-hydrogen) atoms. The Morgan fingerprint density at radius 1 is 0.500 bits per heavy atom. The quantitative estimate of drug-likeness (QED) is 0.0700. The van der Waals surface area contributed by atoms with Crippen molar-refractivity contribution in [2.45, 2.75) is 122 Å². The molecular formula is C50H60O28. The summed E-state index contributed by atoms with van der Waals surface area (Å²) in [5, 5.41) is 171.